The Morgan fingerprint density at radius 3 is 2.04 bits per heavy atom. The van der Waals surface area contributed by atoms with E-state index >= 15 is 0 Å². The molecule has 2 unspecified atom stereocenters. The molecule has 158 valence electrons. The molecule has 0 aromatic rings. The van der Waals surface area contributed by atoms with Crippen LogP contribution in [-0.4, -0.2) is 36.9 Å². The molecule has 0 amide bonds. The summed E-state index contributed by atoms with van der Waals surface area (Å²) < 4.78 is 16.5. The van der Waals surface area contributed by atoms with E-state index in [1.54, 1.807) is 6.92 Å². The van der Waals surface area contributed by atoms with E-state index in [1.807, 2.05) is 13.8 Å². The van der Waals surface area contributed by atoms with Gasteiger partial charge in [-0.3, -0.25) is 4.79 Å². The second-order valence-corrected chi connectivity index (χ2v) is 10.1. The monoisotopic (exact) mass is 384 g/mol. The largest absolute Gasteiger partial charge is 0.465 e. The average molecular weight is 385 g/mol. The van der Waals surface area contributed by atoms with Gasteiger partial charge in [-0.15, -0.1) is 0 Å². The summed E-state index contributed by atoms with van der Waals surface area (Å²) >= 11 is 0. The Kier molecular flexibility index (Phi) is 9.74. The molecule has 0 N–H and O–H groups in total. The molecule has 0 aromatic carbocycles. The third kappa shape index (κ3) is 11.9. The van der Waals surface area contributed by atoms with Gasteiger partial charge in [0.1, 0.15) is 6.10 Å². The van der Waals surface area contributed by atoms with Crippen molar-refractivity contribution in [3.05, 3.63) is 12.7 Å². The first-order valence-corrected chi connectivity index (χ1v) is 9.71. The lowest BCUT2D eigenvalue weighted by Crippen LogP contribution is -2.35. The number of rotatable bonds is 10. The predicted octanol–water partition coefficient (Wildman–Crippen LogP) is 4.93. The highest BCUT2D eigenvalue weighted by atomic mass is 16.6. The van der Waals surface area contributed by atoms with Gasteiger partial charge in [-0.05, 0) is 38.0 Å². The normalized spacial score (nSPS) is 15.0. The second-order valence-electron chi connectivity index (χ2n) is 10.1. The third-order valence-electron chi connectivity index (χ3n) is 4.29. The zero-order chi connectivity index (χ0) is 21.5. The fraction of sp³-hybridized carbons (Fsp3) is 0.818. The lowest BCUT2D eigenvalue weighted by Gasteiger charge is -2.34. The van der Waals surface area contributed by atoms with Crippen LogP contribution in [0.2, 0.25) is 0 Å². The van der Waals surface area contributed by atoms with Crippen LogP contribution in [0.3, 0.4) is 0 Å². The molecule has 0 radical (unpaired) electrons. The molecule has 0 aliphatic heterocycles. The number of hydrogen-bond donors (Lipinski definition) is 0. The molecule has 5 nitrogen and oxygen atoms in total. The van der Waals surface area contributed by atoms with Crippen LogP contribution in [0.5, 0.6) is 0 Å². The summed E-state index contributed by atoms with van der Waals surface area (Å²) in [5.41, 5.74) is -0.588. The number of ether oxygens (including phenoxy) is 3. The van der Waals surface area contributed by atoms with Gasteiger partial charge in [0, 0.05) is 12.5 Å². The van der Waals surface area contributed by atoms with Crippen LogP contribution >= 0.6 is 0 Å². The molecule has 0 bridgehead atoms. The van der Waals surface area contributed by atoms with Crippen molar-refractivity contribution in [2.24, 2.45) is 16.7 Å². The topological polar surface area (TPSA) is 61.8 Å². The van der Waals surface area contributed by atoms with Crippen LogP contribution in [0.1, 0.15) is 75.2 Å². The Labute approximate surface area is 165 Å². The van der Waals surface area contributed by atoms with Gasteiger partial charge in [0.2, 0.25) is 0 Å². The van der Waals surface area contributed by atoms with Crippen LogP contribution in [0.25, 0.3) is 0 Å². The van der Waals surface area contributed by atoms with Gasteiger partial charge >= 0.3 is 11.9 Å². The maximum absolute atomic E-state index is 12.6. The SMILES string of the molecule is C=CC(=O)OC(C)COC(C)(C)CCOC(=O)C(CC(C)(C)C)C(C)(C)C. The lowest BCUT2D eigenvalue weighted by molar-refractivity contribution is -0.158. The highest BCUT2D eigenvalue weighted by molar-refractivity contribution is 5.81. The minimum absolute atomic E-state index is 0.0539. The highest BCUT2D eigenvalue weighted by Crippen LogP contribution is 2.36. The van der Waals surface area contributed by atoms with Gasteiger partial charge in [-0.1, -0.05) is 48.1 Å². The van der Waals surface area contributed by atoms with Crippen molar-refractivity contribution in [1.82, 2.24) is 0 Å². The molecule has 2 atom stereocenters. The Morgan fingerprint density at radius 1 is 1.04 bits per heavy atom. The zero-order valence-electron chi connectivity index (χ0n) is 18.8. The molecular formula is C22H40O5. The van der Waals surface area contributed by atoms with Crippen molar-refractivity contribution in [2.45, 2.75) is 86.9 Å². The molecule has 27 heavy (non-hydrogen) atoms. The first kappa shape index (κ1) is 25.6. The van der Waals surface area contributed by atoms with E-state index in [1.165, 1.54) is 0 Å². The number of carbonyl (C=O) groups excluding carboxylic acids is 2. The summed E-state index contributed by atoms with van der Waals surface area (Å²) in [6.45, 7) is 22.2. The fourth-order valence-corrected chi connectivity index (χ4v) is 2.55. The Balaban J connectivity index is 4.53. The fourth-order valence-electron chi connectivity index (χ4n) is 2.55. The van der Waals surface area contributed by atoms with E-state index in [2.05, 4.69) is 48.1 Å². The number of esters is 2. The van der Waals surface area contributed by atoms with Crippen LogP contribution in [0, 0.1) is 16.7 Å². The minimum atomic E-state index is -0.490. The molecule has 0 saturated carbocycles. The number of hydrogen-bond acceptors (Lipinski definition) is 5. The molecule has 0 aliphatic carbocycles. The standard InChI is InChI=1S/C22H40O5/c1-11-18(23)27-16(2)15-26-22(9,10)12-13-25-19(24)17(21(6,7)8)14-20(3,4)5/h11,16-17H,1,12-15H2,2-10H3. The van der Waals surface area contributed by atoms with E-state index in [0.717, 1.165) is 12.5 Å². The average Bonchev–Trinajstić information content (AvgIpc) is 2.48. The van der Waals surface area contributed by atoms with Gasteiger partial charge in [0.25, 0.3) is 0 Å². The highest BCUT2D eigenvalue weighted by Gasteiger charge is 2.36. The van der Waals surface area contributed by atoms with Crippen LogP contribution in [-0.2, 0) is 23.8 Å². The van der Waals surface area contributed by atoms with Crippen molar-refractivity contribution in [3.8, 4) is 0 Å². The Bertz CT molecular complexity index is 494. The quantitative estimate of drug-likeness (QED) is 0.395. The third-order valence-corrected chi connectivity index (χ3v) is 4.29. The summed E-state index contributed by atoms with van der Waals surface area (Å²) in [5, 5.41) is 0. The zero-order valence-corrected chi connectivity index (χ0v) is 18.8. The van der Waals surface area contributed by atoms with Crippen LogP contribution in [0.4, 0.5) is 0 Å². The van der Waals surface area contributed by atoms with E-state index < -0.39 is 11.6 Å². The van der Waals surface area contributed by atoms with Crippen LogP contribution in [0.15, 0.2) is 12.7 Å². The first-order valence-electron chi connectivity index (χ1n) is 9.71. The summed E-state index contributed by atoms with van der Waals surface area (Å²) in [5.74, 6) is -0.772. The van der Waals surface area contributed by atoms with E-state index in [-0.39, 0.29) is 35.4 Å². The van der Waals surface area contributed by atoms with E-state index in [4.69, 9.17) is 14.2 Å². The molecule has 0 rings (SSSR count). The molecule has 0 spiro atoms. The van der Waals surface area contributed by atoms with Crippen molar-refractivity contribution in [3.63, 3.8) is 0 Å². The Morgan fingerprint density at radius 2 is 1.59 bits per heavy atom. The molecular weight excluding hydrogens is 344 g/mol. The lowest BCUT2D eigenvalue weighted by atomic mass is 9.72. The minimum Gasteiger partial charge on any atom is -0.465 e. The van der Waals surface area contributed by atoms with Crippen LogP contribution < -0.4 is 0 Å². The first-order chi connectivity index (χ1) is 12.1. The molecule has 5 heteroatoms. The van der Waals surface area contributed by atoms with Gasteiger partial charge in [-0.2, -0.15) is 0 Å². The molecule has 0 aliphatic rings. The smallest absolute Gasteiger partial charge is 0.330 e. The predicted molar refractivity (Wildman–Crippen MR) is 108 cm³/mol. The summed E-state index contributed by atoms with van der Waals surface area (Å²) in [7, 11) is 0. The summed E-state index contributed by atoms with van der Waals surface area (Å²) in [4.78, 5) is 23.8. The second kappa shape index (κ2) is 10.3. The Hall–Kier alpha value is -1.36. The molecule has 0 saturated heterocycles. The van der Waals surface area contributed by atoms with Gasteiger partial charge in [0.05, 0.1) is 24.7 Å². The molecule has 0 aromatic heterocycles. The van der Waals surface area contributed by atoms with E-state index in [0.29, 0.717) is 13.0 Å². The summed E-state index contributed by atoms with van der Waals surface area (Å²) in [6.07, 6.45) is 2.10. The summed E-state index contributed by atoms with van der Waals surface area (Å²) in [6, 6.07) is 0. The maximum Gasteiger partial charge on any atom is 0.330 e. The van der Waals surface area contributed by atoms with Crippen molar-refractivity contribution in [2.75, 3.05) is 13.2 Å². The van der Waals surface area contributed by atoms with Crippen molar-refractivity contribution >= 4 is 11.9 Å². The van der Waals surface area contributed by atoms with Crippen molar-refractivity contribution in [1.29, 1.82) is 0 Å². The number of carbonyl (C=O) groups is 2. The molecule has 0 fully saturated rings. The van der Waals surface area contributed by atoms with Crippen molar-refractivity contribution < 1.29 is 23.8 Å². The maximum atomic E-state index is 12.6. The molecule has 0 heterocycles. The van der Waals surface area contributed by atoms with E-state index in [9.17, 15) is 9.59 Å². The van der Waals surface area contributed by atoms with Gasteiger partial charge in [0.15, 0.2) is 0 Å². The van der Waals surface area contributed by atoms with Gasteiger partial charge < -0.3 is 14.2 Å². The van der Waals surface area contributed by atoms with Gasteiger partial charge in [-0.25, -0.2) is 4.79 Å².